The minimum Gasteiger partial charge on any atom is -0.322 e. The van der Waals surface area contributed by atoms with Gasteiger partial charge in [-0.15, -0.1) is 0 Å². The van der Waals surface area contributed by atoms with Crippen molar-refractivity contribution >= 4 is 22.9 Å². The Balaban J connectivity index is 2.17. The van der Waals surface area contributed by atoms with Crippen molar-refractivity contribution in [2.75, 3.05) is 11.9 Å². The molecule has 20 heavy (non-hydrogen) atoms. The molecule has 2 rings (SSSR count). The first-order valence-corrected chi connectivity index (χ1v) is 6.88. The Morgan fingerprint density at radius 1 is 1.45 bits per heavy atom. The zero-order chi connectivity index (χ0) is 14.5. The van der Waals surface area contributed by atoms with E-state index in [0.29, 0.717) is 11.3 Å². The maximum Gasteiger partial charge on any atom is 0.256 e. The molecule has 0 aliphatic rings. The van der Waals surface area contributed by atoms with Crippen LogP contribution in [0.2, 0.25) is 0 Å². The van der Waals surface area contributed by atoms with Gasteiger partial charge in [0.2, 0.25) is 0 Å². The van der Waals surface area contributed by atoms with Crippen LogP contribution < -0.4 is 11.1 Å². The Labute approximate surface area is 120 Å². The molecule has 1 heterocycles. The highest BCUT2D eigenvalue weighted by atomic mass is 32.1. The van der Waals surface area contributed by atoms with Crippen molar-refractivity contribution in [3.63, 3.8) is 0 Å². The van der Waals surface area contributed by atoms with Gasteiger partial charge >= 0.3 is 0 Å². The molecule has 5 heteroatoms. The topological polar surface area (TPSA) is 55.1 Å². The van der Waals surface area contributed by atoms with Crippen molar-refractivity contribution in [2.45, 2.75) is 6.92 Å². The number of thiophene rings is 1. The summed E-state index contributed by atoms with van der Waals surface area (Å²) in [7, 11) is 0. The van der Waals surface area contributed by atoms with Crippen LogP contribution in [0.25, 0.3) is 0 Å². The van der Waals surface area contributed by atoms with Crippen LogP contribution in [0.3, 0.4) is 0 Å². The van der Waals surface area contributed by atoms with Crippen molar-refractivity contribution in [3.05, 3.63) is 51.5 Å². The summed E-state index contributed by atoms with van der Waals surface area (Å²) in [6, 6.07) is 4.39. The molecule has 102 valence electrons. The Morgan fingerprint density at radius 3 is 2.85 bits per heavy atom. The summed E-state index contributed by atoms with van der Waals surface area (Å²) in [4.78, 5) is 12.0. The summed E-state index contributed by atoms with van der Waals surface area (Å²) in [5.74, 6) is 4.49. The van der Waals surface area contributed by atoms with Gasteiger partial charge in [0.15, 0.2) is 0 Å². The zero-order valence-corrected chi connectivity index (χ0v) is 11.7. The molecule has 1 amide bonds. The van der Waals surface area contributed by atoms with Crippen LogP contribution in [-0.4, -0.2) is 12.5 Å². The van der Waals surface area contributed by atoms with Gasteiger partial charge in [0.25, 0.3) is 5.91 Å². The maximum atomic E-state index is 13.8. The highest BCUT2D eigenvalue weighted by Crippen LogP contribution is 2.18. The molecule has 0 unspecified atom stereocenters. The average molecular weight is 288 g/mol. The highest BCUT2D eigenvalue weighted by molar-refractivity contribution is 7.08. The van der Waals surface area contributed by atoms with E-state index in [4.69, 9.17) is 5.73 Å². The van der Waals surface area contributed by atoms with Gasteiger partial charge < -0.3 is 11.1 Å². The van der Waals surface area contributed by atoms with E-state index in [9.17, 15) is 9.18 Å². The number of hydrogen-bond acceptors (Lipinski definition) is 3. The number of rotatable bonds is 2. The highest BCUT2D eigenvalue weighted by Gasteiger charge is 2.11. The summed E-state index contributed by atoms with van der Waals surface area (Å²) in [6.45, 7) is 2.03. The molecule has 0 radical (unpaired) electrons. The second kappa shape index (κ2) is 6.33. The van der Waals surface area contributed by atoms with Crippen molar-refractivity contribution in [1.82, 2.24) is 0 Å². The van der Waals surface area contributed by atoms with E-state index in [1.165, 1.54) is 23.5 Å². The lowest BCUT2D eigenvalue weighted by atomic mass is 10.1. The third-order valence-corrected chi connectivity index (χ3v) is 3.51. The van der Waals surface area contributed by atoms with Crippen LogP contribution in [0.5, 0.6) is 0 Å². The van der Waals surface area contributed by atoms with Gasteiger partial charge in [0.1, 0.15) is 5.82 Å². The number of halogens is 1. The fraction of sp³-hybridized carbons (Fsp3) is 0.133. The van der Waals surface area contributed by atoms with Gasteiger partial charge in [-0.25, -0.2) is 4.39 Å². The summed E-state index contributed by atoms with van der Waals surface area (Å²) >= 11 is 1.45. The summed E-state index contributed by atoms with van der Waals surface area (Å²) in [6.07, 6.45) is 0. The Morgan fingerprint density at radius 2 is 2.25 bits per heavy atom. The predicted octanol–water partition coefficient (Wildman–Crippen LogP) is 2.76. The molecule has 3 nitrogen and oxygen atoms in total. The molecule has 1 aromatic heterocycles. The van der Waals surface area contributed by atoms with Crippen LogP contribution in [0.1, 0.15) is 21.5 Å². The number of benzene rings is 1. The van der Waals surface area contributed by atoms with Crippen LogP contribution >= 0.6 is 11.3 Å². The summed E-state index contributed by atoms with van der Waals surface area (Å²) < 4.78 is 13.8. The van der Waals surface area contributed by atoms with Crippen LogP contribution in [0, 0.1) is 24.6 Å². The van der Waals surface area contributed by atoms with E-state index in [1.807, 2.05) is 12.3 Å². The molecule has 0 spiro atoms. The third-order valence-electron chi connectivity index (χ3n) is 2.65. The molecule has 0 fully saturated rings. The number of carbonyl (C=O) groups excluding carboxylic acids is 1. The first kappa shape index (κ1) is 14.3. The quantitative estimate of drug-likeness (QED) is 0.835. The zero-order valence-electron chi connectivity index (χ0n) is 10.9. The maximum absolute atomic E-state index is 13.8. The molecule has 2 aromatic rings. The lowest BCUT2D eigenvalue weighted by molar-refractivity contribution is 0.102. The normalized spacial score (nSPS) is 9.75. The molecule has 1 aromatic carbocycles. The van der Waals surface area contributed by atoms with Crippen molar-refractivity contribution in [2.24, 2.45) is 5.73 Å². The SMILES string of the molecule is Cc1cscc1C(=O)Nc1ccc(C#CCN)c(F)c1. The largest absolute Gasteiger partial charge is 0.322 e. The smallest absolute Gasteiger partial charge is 0.256 e. The Kier molecular flexibility index (Phi) is 4.51. The number of anilines is 1. The van der Waals surface area contributed by atoms with Gasteiger partial charge in [-0.2, -0.15) is 11.3 Å². The Hall–Kier alpha value is -2.16. The summed E-state index contributed by atoms with van der Waals surface area (Å²) in [5, 5.41) is 6.32. The molecule has 0 aliphatic heterocycles. The second-order valence-electron chi connectivity index (χ2n) is 4.12. The average Bonchev–Trinajstić information content (AvgIpc) is 2.84. The number of nitrogens with one attached hydrogen (secondary N) is 1. The van der Waals surface area contributed by atoms with E-state index in [1.54, 1.807) is 11.4 Å². The number of hydrogen-bond donors (Lipinski definition) is 2. The first-order chi connectivity index (χ1) is 9.61. The third kappa shape index (κ3) is 3.23. The molecule has 0 saturated heterocycles. The van der Waals surface area contributed by atoms with E-state index in [0.717, 1.165) is 5.56 Å². The molecular weight excluding hydrogens is 275 g/mol. The Bertz CT molecular complexity index is 697. The van der Waals surface area contributed by atoms with E-state index >= 15 is 0 Å². The second-order valence-corrected chi connectivity index (χ2v) is 4.87. The molecule has 0 bridgehead atoms. The van der Waals surface area contributed by atoms with Crippen molar-refractivity contribution < 1.29 is 9.18 Å². The molecule has 3 N–H and O–H groups in total. The van der Waals surface area contributed by atoms with Gasteiger partial charge in [0.05, 0.1) is 17.7 Å². The fourth-order valence-electron chi connectivity index (χ4n) is 1.63. The van der Waals surface area contributed by atoms with E-state index < -0.39 is 5.82 Å². The predicted molar refractivity (Wildman–Crippen MR) is 79.3 cm³/mol. The van der Waals surface area contributed by atoms with Crippen LogP contribution in [-0.2, 0) is 0 Å². The standard InChI is InChI=1S/C15H13FN2OS/c1-10-8-20-9-13(10)15(19)18-12-5-4-11(3-2-6-17)14(16)7-12/h4-5,7-9H,6,17H2,1H3,(H,18,19). The minimum atomic E-state index is -0.481. The minimum absolute atomic E-state index is 0.176. The van der Waals surface area contributed by atoms with Gasteiger partial charge in [0, 0.05) is 11.1 Å². The monoisotopic (exact) mass is 288 g/mol. The molecule has 0 atom stereocenters. The molecule has 0 aliphatic carbocycles. The van der Waals surface area contributed by atoms with E-state index in [-0.39, 0.29) is 18.0 Å². The number of nitrogens with two attached hydrogens (primary N) is 1. The van der Waals surface area contributed by atoms with Crippen LogP contribution in [0.15, 0.2) is 29.0 Å². The number of amides is 1. The lowest BCUT2D eigenvalue weighted by Crippen LogP contribution is -2.12. The number of aryl methyl sites for hydroxylation is 1. The van der Waals surface area contributed by atoms with Crippen molar-refractivity contribution in [3.8, 4) is 11.8 Å². The summed E-state index contributed by atoms with van der Waals surface area (Å²) in [5.41, 5.74) is 7.40. The fourth-order valence-corrected chi connectivity index (χ4v) is 2.46. The lowest BCUT2D eigenvalue weighted by Gasteiger charge is -2.05. The molecule has 0 saturated carbocycles. The number of carbonyl (C=O) groups is 1. The van der Waals surface area contributed by atoms with Crippen LogP contribution in [0.4, 0.5) is 10.1 Å². The van der Waals surface area contributed by atoms with Crippen molar-refractivity contribution in [1.29, 1.82) is 0 Å². The first-order valence-electron chi connectivity index (χ1n) is 5.94. The van der Waals surface area contributed by atoms with E-state index in [2.05, 4.69) is 17.2 Å². The van der Waals surface area contributed by atoms with Gasteiger partial charge in [-0.05, 0) is 36.1 Å². The van der Waals surface area contributed by atoms with Gasteiger partial charge in [-0.3, -0.25) is 4.79 Å². The van der Waals surface area contributed by atoms with Gasteiger partial charge in [-0.1, -0.05) is 11.8 Å². The molecular formula is C15H13FN2OS.